The van der Waals surface area contributed by atoms with Crippen LogP contribution >= 0.6 is 24.0 Å². The molecule has 1 saturated carbocycles. The number of carboxylic acid groups (broad SMARTS) is 1. The van der Waals surface area contributed by atoms with Gasteiger partial charge in [0.2, 0.25) is 0 Å². The zero-order valence-electron chi connectivity index (χ0n) is 16.9. The van der Waals surface area contributed by atoms with E-state index < -0.39 is 12.5 Å². The van der Waals surface area contributed by atoms with E-state index in [9.17, 15) is 9.59 Å². The van der Waals surface area contributed by atoms with E-state index in [4.69, 9.17) is 17.3 Å². The Bertz CT molecular complexity index is 1100. The summed E-state index contributed by atoms with van der Waals surface area (Å²) in [5, 5.41) is 9.02. The van der Waals surface area contributed by atoms with Crippen LogP contribution in [-0.2, 0) is 16.1 Å². The Labute approximate surface area is 190 Å². The average Bonchev–Trinajstić information content (AvgIpc) is 3.41. The molecule has 2 heterocycles. The van der Waals surface area contributed by atoms with Crippen LogP contribution in [0.1, 0.15) is 41.9 Å². The Morgan fingerprint density at radius 3 is 2.77 bits per heavy atom. The van der Waals surface area contributed by atoms with Gasteiger partial charge in [0.05, 0.1) is 4.91 Å². The smallest absolute Gasteiger partial charge is 0.323 e. The molecule has 1 amide bonds. The fraction of sp³-hybridized carbons (Fsp3) is 0.292. The van der Waals surface area contributed by atoms with E-state index in [0.717, 1.165) is 17.0 Å². The molecule has 0 bridgehead atoms. The van der Waals surface area contributed by atoms with Gasteiger partial charge in [-0.25, -0.2) is 0 Å². The second-order valence-electron chi connectivity index (χ2n) is 8.20. The molecule has 1 N–H and O–H groups in total. The van der Waals surface area contributed by atoms with E-state index in [1.54, 1.807) is 0 Å². The van der Waals surface area contributed by atoms with Crippen molar-refractivity contribution >= 4 is 51.9 Å². The first-order valence-corrected chi connectivity index (χ1v) is 11.7. The maximum absolute atomic E-state index is 12.6. The van der Waals surface area contributed by atoms with Gasteiger partial charge in [-0.2, -0.15) is 0 Å². The number of benzene rings is 2. The first kappa shape index (κ1) is 20.3. The van der Waals surface area contributed by atoms with Crippen molar-refractivity contribution in [3.05, 3.63) is 70.1 Å². The van der Waals surface area contributed by atoms with Gasteiger partial charge in [0.25, 0.3) is 5.91 Å². The third kappa shape index (κ3) is 3.77. The third-order valence-corrected chi connectivity index (χ3v) is 7.68. The minimum atomic E-state index is -1.07. The summed E-state index contributed by atoms with van der Waals surface area (Å²) in [6.45, 7) is 0.507. The molecule has 31 heavy (non-hydrogen) atoms. The Morgan fingerprint density at radius 1 is 1.19 bits per heavy atom. The Morgan fingerprint density at radius 2 is 2.00 bits per heavy atom. The molecule has 2 unspecified atom stereocenters. The quantitative estimate of drug-likeness (QED) is 0.530. The minimum Gasteiger partial charge on any atom is -0.480 e. The predicted octanol–water partition coefficient (Wildman–Crippen LogP) is 4.63. The van der Waals surface area contributed by atoms with Crippen LogP contribution in [0.2, 0.25) is 0 Å². The molecule has 2 aromatic rings. The summed E-state index contributed by atoms with van der Waals surface area (Å²) in [5.41, 5.74) is 4.91. The summed E-state index contributed by atoms with van der Waals surface area (Å²) >= 11 is 6.37. The first-order valence-electron chi connectivity index (χ1n) is 10.4. The molecule has 3 aliphatic rings. The maximum atomic E-state index is 12.6. The molecule has 7 heteroatoms. The zero-order valence-corrected chi connectivity index (χ0v) is 18.5. The standard InChI is InChI=1S/C24H22N2O3S2/c27-22(28)14-26-23(29)21(31-24(26)30)12-16-9-10-20-18(11-16)17-7-4-8-19(17)25(20)13-15-5-2-1-3-6-15/h1-3,5-6,9-12,17,19H,4,7-8,13-14H2,(H,27,28). The number of thioether (sulfide) groups is 1. The lowest BCUT2D eigenvalue weighted by Gasteiger charge is -2.27. The monoisotopic (exact) mass is 450 g/mol. The number of hydrogen-bond donors (Lipinski definition) is 1. The highest BCUT2D eigenvalue weighted by atomic mass is 32.2. The van der Waals surface area contributed by atoms with Gasteiger partial charge in [-0.05, 0) is 47.7 Å². The summed E-state index contributed by atoms with van der Waals surface area (Å²) in [5.74, 6) is -0.878. The second-order valence-corrected chi connectivity index (χ2v) is 9.87. The number of aliphatic carboxylic acids is 1. The van der Waals surface area contributed by atoms with Crippen LogP contribution in [0.5, 0.6) is 0 Å². The van der Waals surface area contributed by atoms with E-state index >= 15 is 0 Å². The van der Waals surface area contributed by atoms with Crippen LogP contribution in [0.15, 0.2) is 53.4 Å². The van der Waals surface area contributed by atoms with Gasteiger partial charge < -0.3 is 10.0 Å². The largest absolute Gasteiger partial charge is 0.480 e. The van der Waals surface area contributed by atoms with Crippen molar-refractivity contribution in [2.75, 3.05) is 11.4 Å². The van der Waals surface area contributed by atoms with Crippen molar-refractivity contribution in [3.8, 4) is 0 Å². The van der Waals surface area contributed by atoms with Gasteiger partial charge in [-0.15, -0.1) is 0 Å². The molecule has 2 aliphatic heterocycles. The molecule has 0 spiro atoms. The number of thiocarbonyl (C=S) groups is 1. The zero-order chi connectivity index (χ0) is 21.5. The maximum Gasteiger partial charge on any atom is 0.323 e. The van der Waals surface area contributed by atoms with Gasteiger partial charge in [0.1, 0.15) is 10.9 Å². The lowest BCUT2D eigenvalue weighted by molar-refractivity contribution is -0.140. The number of fused-ring (bicyclic) bond motifs is 3. The molecule has 5 nitrogen and oxygen atoms in total. The number of rotatable bonds is 5. The molecule has 158 valence electrons. The number of carboxylic acids is 1. The van der Waals surface area contributed by atoms with Crippen molar-refractivity contribution < 1.29 is 14.7 Å². The molecule has 2 fully saturated rings. The average molecular weight is 451 g/mol. The first-order chi connectivity index (χ1) is 15.0. The van der Waals surface area contributed by atoms with E-state index in [1.807, 2.05) is 18.2 Å². The molecule has 5 rings (SSSR count). The Kier molecular flexibility index (Phi) is 5.32. The second kappa shape index (κ2) is 8.13. The van der Waals surface area contributed by atoms with Gasteiger partial charge in [0, 0.05) is 24.2 Å². The lowest BCUT2D eigenvalue weighted by Crippen LogP contribution is -2.33. The van der Waals surface area contributed by atoms with Crippen molar-refractivity contribution in [1.29, 1.82) is 0 Å². The minimum absolute atomic E-state index is 0.296. The van der Waals surface area contributed by atoms with Crippen molar-refractivity contribution in [3.63, 3.8) is 0 Å². The van der Waals surface area contributed by atoms with Crippen LogP contribution in [0.3, 0.4) is 0 Å². The normalized spacial score (nSPS) is 23.5. The summed E-state index contributed by atoms with van der Waals surface area (Å²) < 4.78 is 0.296. The summed E-state index contributed by atoms with van der Waals surface area (Å²) in [6.07, 6.45) is 5.46. The number of anilines is 1. The van der Waals surface area contributed by atoms with Crippen molar-refractivity contribution in [1.82, 2.24) is 4.90 Å². The lowest BCUT2D eigenvalue weighted by atomic mass is 9.96. The number of carbonyl (C=O) groups excluding carboxylic acids is 1. The van der Waals surface area contributed by atoms with E-state index in [0.29, 0.717) is 21.2 Å². The predicted molar refractivity (Wildman–Crippen MR) is 127 cm³/mol. The number of hydrogen-bond acceptors (Lipinski definition) is 5. The molecule has 0 aromatic heterocycles. The highest BCUT2D eigenvalue weighted by molar-refractivity contribution is 8.26. The highest BCUT2D eigenvalue weighted by Crippen LogP contribution is 2.50. The van der Waals surface area contributed by atoms with Gasteiger partial charge >= 0.3 is 5.97 Å². The van der Waals surface area contributed by atoms with E-state index in [1.165, 1.54) is 47.8 Å². The molecule has 2 aromatic carbocycles. The van der Waals surface area contributed by atoms with E-state index in [-0.39, 0.29) is 5.91 Å². The molecular formula is C24H22N2O3S2. The van der Waals surface area contributed by atoms with E-state index in [2.05, 4.69) is 41.3 Å². The van der Waals surface area contributed by atoms with Crippen LogP contribution in [-0.4, -0.2) is 38.8 Å². The summed E-state index contributed by atoms with van der Waals surface area (Å²) in [7, 11) is 0. The fourth-order valence-corrected chi connectivity index (χ4v) is 6.24. The number of carbonyl (C=O) groups is 2. The van der Waals surface area contributed by atoms with Gasteiger partial charge in [-0.1, -0.05) is 66.8 Å². The SMILES string of the molecule is O=C(O)CN1C(=O)C(=Cc2ccc3c(c2)C2CCCC2N3Cc2ccccc2)SC1=S. The van der Waals surface area contributed by atoms with Gasteiger partial charge in [0.15, 0.2) is 0 Å². The Balaban J connectivity index is 1.44. The molecule has 1 saturated heterocycles. The molecular weight excluding hydrogens is 428 g/mol. The van der Waals surface area contributed by atoms with Crippen LogP contribution < -0.4 is 4.90 Å². The van der Waals surface area contributed by atoms with Crippen molar-refractivity contribution in [2.45, 2.75) is 37.8 Å². The third-order valence-electron chi connectivity index (χ3n) is 6.30. The summed E-state index contributed by atoms with van der Waals surface area (Å²) in [4.78, 5) is 27.8. The van der Waals surface area contributed by atoms with Gasteiger partial charge in [-0.3, -0.25) is 14.5 Å². The number of nitrogens with zero attached hydrogens (tertiary/aromatic N) is 2. The molecule has 0 radical (unpaired) electrons. The molecule has 2 atom stereocenters. The molecule has 1 aliphatic carbocycles. The topological polar surface area (TPSA) is 60.9 Å². The van der Waals surface area contributed by atoms with Crippen molar-refractivity contribution in [2.24, 2.45) is 0 Å². The highest BCUT2D eigenvalue weighted by Gasteiger charge is 2.41. The fourth-order valence-electron chi connectivity index (χ4n) is 4.98. The van der Waals surface area contributed by atoms with Crippen LogP contribution in [0.25, 0.3) is 6.08 Å². The van der Waals surface area contributed by atoms with Crippen LogP contribution in [0.4, 0.5) is 5.69 Å². The van der Waals surface area contributed by atoms with Crippen LogP contribution in [0, 0.1) is 0 Å². The Hall–Kier alpha value is -2.64. The number of amides is 1. The summed E-state index contributed by atoms with van der Waals surface area (Å²) in [6, 6.07) is 17.5.